The summed E-state index contributed by atoms with van der Waals surface area (Å²) in [6, 6.07) is 9.74. The second kappa shape index (κ2) is 5.83. The van der Waals surface area contributed by atoms with Crippen molar-refractivity contribution in [2.24, 2.45) is 0 Å². The lowest BCUT2D eigenvalue weighted by Crippen LogP contribution is -1.95. The summed E-state index contributed by atoms with van der Waals surface area (Å²) >= 11 is 5.85. The Morgan fingerprint density at radius 1 is 1.17 bits per heavy atom. The van der Waals surface area contributed by atoms with Crippen LogP contribution in [0.15, 0.2) is 30.3 Å². The van der Waals surface area contributed by atoms with Gasteiger partial charge in [0.15, 0.2) is 0 Å². The first kappa shape index (κ1) is 12.8. The van der Waals surface area contributed by atoms with Crippen molar-refractivity contribution in [1.82, 2.24) is 9.97 Å². The molecule has 0 fully saturated rings. The first-order chi connectivity index (χ1) is 8.69. The Labute approximate surface area is 112 Å². The van der Waals surface area contributed by atoms with E-state index in [0.717, 1.165) is 35.7 Å². The summed E-state index contributed by atoms with van der Waals surface area (Å²) in [6.45, 7) is 4.72. The molecule has 0 atom stereocenters. The standard InChI is InChI=1S/C14H15ClN2O/c1-3-8-18-12-6-4-11(5-7-12)13-9-10(2)16-14(15)17-13/h4-7,9H,3,8H2,1-2H3. The van der Waals surface area contributed by atoms with Crippen LogP contribution < -0.4 is 4.74 Å². The fraction of sp³-hybridized carbons (Fsp3) is 0.286. The van der Waals surface area contributed by atoms with Crippen molar-refractivity contribution in [3.05, 3.63) is 41.3 Å². The van der Waals surface area contributed by atoms with Gasteiger partial charge in [-0.25, -0.2) is 9.97 Å². The van der Waals surface area contributed by atoms with Gasteiger partial charge in [-0.1, -0.05) is 6.92 Å². The van der Waals surface area contributed by atoms with Gasteiger partial charge in [0.25, 0.3) is 0 Å². The fourth-order valence-corrected chi connectivity index (χ4v) is 1.85. The molecule has 4 heteroatoms. The average molecular weight is 263 g/mol. The number of hydrogen-bond acceptors (Lipinski definition) is 3. The van der Waals surface area contributed by atoms with Crippen LogP contribution in [0.2, 0.25) is 5.28 Å². The largest absolute Gasteiger partial charge is 0.494 e. The van der Waals surface area contributed by atoms with E-state index in [2.05, 4.69) is 16.9 Å². The van der Waals surface area contributed by atoms with Crippen LogP contribution >= 0.6 is 11.6 Å². The van der Waals surface area contributed by atoms with E-state index in [9.17, 15) is 0 Å². The SMILES string of the molecule is CCCOc1ccc(-c2cc(C)nc(Cl)n2)cc1. The van der Waals surface area contributed by atoms with Crippen molar-refractivity contribution in [1.29, 1.82) is 0 Å². The fourth-order valence-electron chi connectivity index (χ4n) is 1.62. The summed E-state index contributed by atoms with van der Waals surface area (Å²) in [7, 11) is 0. The van der Waals surface area contributed by atoms with Crippen molar-refractivity contribution < 1.29 is 4.74 Å². The van der Waals surface area contributed by atoms with Gasteiger partial charge < -0.3 is 4.74 Å². The molecule has 0 radical (unpaired) electrons. The number of aromatic nitrogens is 2. The first-order valence-electron chi connectivity index (χ1n) is 5.93. The first-order valence-corrected chi connectivity index (χ1v) is 6.31. The summed E-state index contributed by atoms with van der Waals surface area (Å²) in [4.78, 5) is 8.26. The molecular weight excluding hydrogens is 248 g/mol. The predicted molar refractivity (Wildman–Crippen MR) is 73.0 cm³/mol. The van der Waals surface area contributed by atoms with E-state index in [1.807, 2.05) is 37.3 Å². The van der Waals surface area contributed by atoms with Gasteiger partial charge >= 0.3 is 0 Å². The Bertz CT molecular complexity index is 506. The average Bonchev–Trinajstić information content (AvgIpc) is 2.36. The minimum Gasteiger partial charge on any atom is -0.494 e. The second-order valence-corrected chi connectivity index (χ2v) is 4.37. The highest BCUT2D eigenvalue weighted by atomic mass is 35.5. The van der Waals surface area contributed by atoms with Crippen LogP contribution in [0.3, 0.4) is 0 Å². The Kier molecular flexibility index (Phi) is 4.15. The van der Waals surface area contributed by atoms with E-state index in [-0.39, 0.29) is 5.28 Å². The molecule has 0 aliphatic carbocycles. The molecule has 0 N–H and O–H groups in total. The van der Waals surface area contributed by atoms with Crippen LogP contribution in [-0.4, -0.2) is 16.6 Å². The molecule has 0 amide bonds. The molecule has 0 aliphatic heterocycles. The molecule has 18 heavy (non-hydrogen) atoms. The minimum atomic E-state index is 0.274. The van der Waals surface area contributed by atoms with Crippen molar-refractivity contribution >= 4 is 11.6 Å². The van der Waals surface area contributed by atoms with E-state index < -0.39 is 0 Å². The molecule has 0 bridgehead atoms. The number of benzene rings is 1. The van der Waals surface area contributed by atoms with Crippen LogP contribution in [0, 0.1) is 6.92 Å². The molecule has 0 aliphatic rings. The van der Waals surface area contributed by atoms with Crippen LogP contribution in [0.4, 0.5) is 0 Å². The number of ether oxygens (including phenoxy) is 1. The number of hydrogen-bond donors (Lipinski definition) is 0. The van der Waals surface area contributed by atoms with Crippen molar-refractivity contribution in [3.8, 4) is 17.0 Å². The maximum absolute atomic E-state index is 5.85. The van der Waals surface area contributed by atoms with Crippen molar-refractivity contribution in [2.75, 3.05) is 6.61 Å². The van der Waals surface area contributed by atoms with Gasteiger partial charge in [0, 0.05) is 11.3 Å². The number of halogens is 1. The third kappa shape index (κ3) is 3.20. The normalized spacial score (nSPS) is 10.4. The quantitative estimate of drug-likeness (QED) is 0.784. The van der Waals surface area contributed by atoms with Crippen LogP contribution in [-0.2, 0) is 0 Å². The van der Waals surface area contributed by atoms with Gasteiger partial charge in [0.1, 0.15) is 5.75 Å². The highest BCUT2D eigenvalue weighted by Crippen LogP contribution is 2.22. The van der Waals surface area contributed by atoms with Gasteiger partial charge in [-0.2, -0.15) is 0 Å². The molecule has 1 heterocycles. The maximum atomic E-state index is 5.85. The minimum absolute atomic E-state index is 0.274. The third-order valence-corrected chi connectivity index (χ3v) is 2.62. The van der Waals surface area contributed by atoms with Crippen molar-refractivity contribution in [2.45, 2.75) is 20.3 Å². The molecule has 94 valence electrons. The van der Waals surface area contributed by atoms with E-state index in [0.29, 0.717) is 0 Å². The number of aryl methyl sites for hydroxylation is 1. The molecule has 0 saturated carbocycles. The van der Waals surface area contributed by atoms with E-state index in [4.69, 9.17) is 16.3 Å². The predicted octanol–water partition coefficient (Wildman–Crippen LogP) is 3.89. The second-order valence-electron chi connectivity index (χ2n) is 4.04. The summed E-state index contributed by atoms with van der Waals surface area (Å²) in [5.74, 6) is 0.873. The lowest BCUT2D eigenvalue weighted by molar-refractivity contribution is 0.317. The van der Waals surface area contributed by atoms with E-state index >= 15 is 0 Å². The zero-order valence-corrected chi connectivity index (χ0v) is 11.2. The van der Waals surface area contributed by atoms with Crippen LogP contribution in [0.5, 0.6) is 5.75 Å². The molecular formula is C14H15ClN2O. The van der Waals surface area contributed by atoms with Gasteiger partial charge in [-0.3, -0.25) is 0 Å². The number of nitrogens with zero attached hydrogens (tertiary/aromatic N) is 2. The number of rotatable bonds is 4. The lowest BCUT2D eigenvalue weighted by Gasteiger charge is -2.06. The van der Waals surface area contributed by atoms with Crippen molar-refractivity contribution in [3.63, 3.8) is 0 Å². The summed E-state index contributed by atoms with van der Waals surface area (Å²) < 4.78 is 5.53. The Balaban J connectivity index is 2.23. The maximum Gasteiger partial charge on any atom is 0.223 e. The van der Waals surface area contributed by atoms with Crippen LogP contribution in [0.25, 0.3) is 11.3 Å². The molecule has 1 aromatic heterocycles. The highest BCUT2D eigenvalue weighted by Gasteiger charge is 2.03. The molecule has 0 unspecified atom stereocenters. The van der Waals surface area contributed by atoms with Gasteiger partial charge in [-0.05, 0) is 55.3 Å². The topological polar surface area (TPSA) is 35.0 Å². The smallest absolute Gasteiger partial charge is 0.223 e. The summed E-state index contributed by atoms with van der Waals surface area (Å²) in [5.41, 5.74) is 2.69. The molecule has 0 spiro atoms. The van der Waals surface area contributed by atoms with Gasteiger partial charge in [0.05, 0.1) is 12.3 Å². The summed E-state index contributed by atoms with van der Waals surface area (Å²) in [5, 5.41) is 0.274. The lowest BCUT2D eigenvalue weighted by atomic mass is 10.1. The molecule has 2 aromatic rings. The highest BCUT2D eigenvalue weighted by molar-refractivity contribution is 6.28. The Morgan fingerprint density at radius 3 is 2.50 bits per heavy atom. The molecule has 1 aromatic carbocycles. The Morgan fingerprint density at radius 2 is 1.89 bits per heavy atom. The molecule has 2 rings (SSSR count). The monoisotopic (exact) mass is 262 g/mol. The molecule has 3 nitrogen and oxygen atoms in total. The summed E-state index contributed by atoms with van der Waals surface area (Å²) in [6.07, 6.45) is 1.00. The van der Waals surface area contributed by atoms with E-state index in [1.165, 1.54) is 0 Å². The third-order valence-electron chi connectivity index (χ3n) is 2.45. The Hall–Kier alpha value is -1.61. The zero-order chi connectivity index (χ0) is 13.0. The van der Waals surface area contributed by atoms with E-state index in [1.54, 1.807) is 0 Å². The molecule has 0 saturated heterocycles. The van der Waals surface area contributed by atoms with Gasteiger partial charge in [-0.15, -0.1) is 0 Å². The van der Waals surface area contributed by atoms with Gasteiger partial charge in [0.2, 0.25) is 5.28 Å². The van der Waals surface area contributed by atoms with Crippen LogP contribution in [0.1, 0.15) is 19.0 Å². The zero-order valence-electron chi connectivity index (χ0n) is 10.5.